The summed E-state index contributed by atoms with van der Waals surface area (Å²) in [6.07, 6.45) is 1.38. The lowest BCUT2D eigenvalue weighted by atomic mass is 10.2. The molecular weight excluding hydrogens is 441 g/mol. The molecule has 0 aliphatic carbocycles. The Balaban J connectivity index is 1.53. The molecule has 0 unspecified atom stereocenters. The number of amides is 2. The Bertz CT molecular complexity index is 1240. The van der Waals surface area contributed by atoms with Crippen LogP contribution in [0.4, 0.5) is 30.2 Å². The molecule has 1 aliphatic heterocycles. The van der Waals surface area contributed by atoms with E-state index in [4.69, 9.17) is 5.73 Å². The van der Waals surface area contributed by atoms with Crippen molar-refractivity contribution in [2.45, 2.75) is 19.1 Å². The molecule has 3 heterocycles. The molecule has 4 rings (SSSR count). The number of hydrogen-bond acceptors (Lipinski definition) is 7. The normalized spacial score (nSPS) is 14.2. The summed E-state index contributed by atoms with van der Waals surface area (Å²) in [4.78, 5) is 35.4. The van der Waals surface area contributed by atoms with Crippen LogP contribution < -0.4 is 21.7 Å². The third-order valence-corrected chi connectivity index (χ3v) is 4.64. The van der Waals surface area contributed by atoms with Gasteiger partial charge in [0.2, 0.25) is 5.91 Å². The van der Waals surface area contributed by atoms with Gasteiger partial charge in [0.1, 0.15) is 17.1 Å². The number of rotatable bonds is 6. The molecule has 13 heteroatoms. The summed E-state index contributed by atoms with van der Waals surface area (Å²) < 4.78 is 40.8. The Labute approximate surface area is 184 Å². The Hall–Kier alpha value is -4.42. The van der Waals surface area contributed by atoms with Gasteiger partial charge in [0, 0.05) is 37.2 Å². The fourth-order valence-electron chi connectivity index (χ4n) is 3.12. The lowest BCUT2D eigenvalue weighted by Gasteiger charge is -2.10. The number of nitrogens with zero attached hydrogens (tertiary/aromatic N) is 4. The van der Waals surface area contributed by atoms with Crippen LogP contribution in [0.1, 0.15) is 17.9 Å². The predicted molar refractivity (Wildman–Crippen MR) is 112 cm³/mol. The third kappa shape index (κ3) is 4.92. The maximum Gasteiger partial charge on any atom is 0.433 e. The van der Waals surface area contributed by atoms with Gasteiger partial charge in [-0.2, -0.15) is 13.2 Å². The van der Waals surface area contributed by atoms with E-state index in [0.29, 0.717) is 29.7 Å². The van der Waals surface area contributed by atoms with E-state index >= 15 is 0 Å². The number of alkyl halides is 3. The minimum atomic E-state index is -4.71. The van der Waals surface area contributed by atoms with Crippen molar-refractivity contribution in [1.29, 1.82) is 0 Å². The van der Waals surface area contributed by atoms with Crippen LogP contribution in [0.3, 0.4) is 0 Å². The zero-order valence-corrected chi connectivity index (χ0v) is 16.8. The van der Waals surface area contributed by atoms with E-state index in [-0.39, 0.29) is 23.7 Å². The highest BCUT2D eigenvalue weighted by atomic mass is 19.4. The second-order valence-corrected chi connectivity index (χ2v) is 6.99. The molecule has 170 valence electrons. The van der Waals surface area contributed by atoms with Crippen molar-refractivity contribution in [3.05, 3.63) is 66.5 Å². The number of halogens is 3. The second kappa shape index (κ2) is 8.61. The van der Waals surface area contributed by atoms with Crippen molar-refractivity contribution in [2.75, 3.05) is 16.0 Å². The monoisotopic (exact) mass is 458 g/mol. The first kappa shape index (κ1) is 21.8. The zero-order chi connectivity index (χ0) is 23.6. The SMILES string of the molecule is NC(=O)/C(=C1\Nc2ccc(NC(=O)CCn3ccnc3)cc2N1)c1nccc(C(F)(F)F)n1. The van der Waals surface area contributed by atoms with Crippen LogP contribution in [0, 0.1) is 0 Å². The van der Waals surface area contributed by atoms with E-state index in [1.165, 1.54) is 0 Å². The number of fused-ring (bicyclic) bond motifs is 1. The number of aryl methyl sites for hydroxylation is 1. The van der Waals surface area contributed by atoms with Gasteiger partial charge in [-0.1, -0.05) is 0 Å². The van der Waals surface area contributed by atoms with Gasteiger partial charge in [-0.3, -0.25) is 9.59 Å². The van der Waals surface area contributed by atoms with E-state index in [1.54, 1.807) is 41.5 Å². The Kier molecular flexibility index (Phi) is 5.69. The first-order valence-electron chi connectivity index (χ1n) is 9.59. The van der Waals surface area contributed by atoms with E-state index in [0.717, 1.165) is 6.20 Å². The highest BCUT2D eigenvalue weighted by molar-refractivity contribution is 6.20. The molecule has 3 aromatic rings. The molecule has 5 N–H and O–H groups in total. The third-order valence-electron chi connectivity index (χ3n) is 4.64. The summed E-state index contributed by atoms with van der Waals surface area (Å²) in [7, 11) is 0. The van der Waals surface area contributed by atoms with Crippen LogP contribution >= 0.6 is 0 Å². The van der Waals surface area contributed by atoms with Crippen molar-refractivity contribution >= 4 is 34.4 Å². The molecule has 1 aliphatic rings. The second-order valence-electron chi connectivity index (χ2n) is 6.99. The summed E-state index contributed by atoms with van der Waals surface area (Å²) in [5.74, 6) is -1.70. The van der Waals surface area contributed by atoms with Crippen molar-refractivity contribution in [3.63, 3.8) is 0 Å². The fraction of sp³-hybridized carbons (Fsp3) is 0.150. The number of nitrogens with two attached hydrogens (primary N) is 1. The molecule has 10 nitrogen and oxygen atoms in total. The Morgan fingerprint density at radius 2 is 1.91 bits per heavy atom. The van der Waals surface area contributed by atoms with Crippen molar-refractivity contribution in [2.24, 2.45) is 5.73 Å². The highest BCUT2D eigenvalue weighted by Crippen LogP contribution is 2.36. The lowest BCUT2D eigenvalue weighted by Crippen LogP contribution is -2.21. The number of aromatic nitrogens is 4. The van der Waals surface area contributed by atoms with Gasteiger partial charge in [0.25, 0.3) is 5.91 Å². The molecular formula is C20H17F3N8O2. The molecule has 2 aromatic heterocycles. The van der Waals surface area contributed by atoms with Gasteiger partial charge in [-0.05, 0) is 24.3 Å². The van der Waals surface area contributed by atoms with Crippen molar-refractivity contribution < 1.29 is 22.8 Å². The molecule has 33 heavy (non-hydrogen) atoms. The molecule has 0 radical (unpaired) electrons. The summed E-state index contributed by atoms with van der Waals surface area (Å²) >= 11 is 0. The van der Waals surface area contributed by atoms with Gasteiger partial charge in [-0.25, -0.2) is 15.0 Å². The standard InChI is InChI=1S/C20H17F3N8O2/c21-20(22,23)14-3-5-26-18(30-14)16(17(24)33)19-28-12-2-1-11(9-13(12)29-19)27-15(32)4-7-31-8-6-25-10-31/h1-3,5-6,8-10,28-29H,4,7H2,(H2,24,33)(H,27,32)/b19-16-. The van der Waals surface area contributed by atoms with Crippen molar-refractivity contribution in [3.8, 4) is 0 Å². The number of imidazole rings is 1. The largest absolute Gasteiger partial charge is 0.433 e. The van der Waals surface area contributed by atoms with E-state index < -0.39 is 23.6 Å². The number of carbonyl (C=O) groups is 2. The molecule has 0 atom stereocenters. The summed E-state index contributed by atoms with van der Waals surface area (Å²) in [5.41, 5.74) is 5.34. The smallest absolute Gasteiger partial charge is 0.365 e. The minimum absolute atomic E-state index is 0.0282. The fourth-order valence-corrected chi connectivity index (χ4v) is 3.12. The molecule has 0 saturated heterocycles. The van der Waals surface area contributed by atoms with E-state index in [9.17, 15) is 22.8 Å². The molecule has 0 bridgehead atoms. The van der Waals surface area contributed by atoms with Crippen molar-refractivity contribution in [1.82, 2.24) is 19.5 Å². The van der Waals surface area contributed by atoms with Gasteiger partial charge < -0.3 is 26.3 Å². The van der Waals surface area contributed by atoms with Crippen LogP contribution in [-0.4, -0.2) is 31.3 Å². The predicted octanol–water partition coefficient (Wildman–Crippen LogP) is 2.41. The van der Waals surface area contributed by atoms with Gasteiger partial charge in [0.15, 0.2) is 5.82 Å². The molecule has 0 saturated carbocycles. The summed E-state index contributed by atoms with van der Waals surface area (Å²) in [6, 6.07) is 5.57. The highest BCUT2D eigenvalue weighted by Gasteiger charge is 2.34. The maximum atomic E-state index is 13.0. The zero-order valence-electron chi connectivity index (χ0n) is 16.8. The van der Waals surface area contributed by atoms with E-state index in [2.05, 4.69) is 30.9 Å². The summed E-state index contributed by atoms with van der Waals surface area (Å²) in [5, 5.41) is 8.52. The molecule has 2 amide bonds. The topological polar surface area (TPSA) is 140 Å². The molecule has 0 spiro atoms. The van der Waals surface area contributed by atoms with Crippen LogP contribution in [-0.2, 0) is 22.3 Å². The van der Waals surface area contributed by atoms with Crippen LogP contribution in [0.15, 0.2) is 55.0 Å². The first-order valence-corrected chi connectivity index (χ1v) is 9.59. The van der Waals surface area contributed by atoms with Gasteiger partial charge in [-0.15, -0.1) is 0 Å². The number of primary amides is 1. The lowest BCUT2D eigenvalue weighted by molar-refractivity contribution is -0.141. The summed E-state index contributed by atoms with van der Waals surface area (Å²) in [6.45, 7) is 0.461. The average molecular weight is 458 g/mol. The quantitative estimate of drug-likeness (QED) is 0.416. The van der Waals surface area contributed by atoms with Gasteiger partial charge in [0.05, 0.1) is 17.7 Å². The number of anilines is 3. The Morgan fingerprint density at radius 3 is 2.61 bits per heavy atom. The van der Waals surface area contributed by atoms with Crippen LogP contribution in [0.5, 0.6) is 0 Å². The number of nitrogens with one attached hydrogen (secondary N) is 3. The maximum absolute atomic E-state index is 13.0. The molecule has 1 aromatic carbocycles. The average Bonchev–Trinajstić information content (AvgIpc) is 3.41. The minimum Gasteiger partial charge on any atom is -0.365 e. The Morgan fingerprint density at radius 1 is 1.12 bits per heavy atom. The van der Waals surface area contributed by atoms with E-state index in [1.807, 2.05) is 0 Å². The number of carbonyl (C=O) groups excluding carboxylic acids is 2. The number of benzene rings is 1. The van der Waals surface area contributed by atoms with Crippen LogP contribution in [0.25, 0.3) is 5.57 Å². The first-order chi connectivity index (χ1) is 15.7. The molecule has 0 fully saturated rings. The van der Waals surface area contributed by atoms with Crippen LogP contribution in [0.2, 0.25) is 0 Å². The number of hydrogen-bond donors (Lipinski definition) is 4. The van der Waals surface area contributed by atoms with Gasteiger partial charge >= 0.3 is 6.18 Å².